The summed E-state index contributed by atoms with van der Waals surface area (Å²) in [6, 6.07) is 10.9. The first-order chi connectivity index (χ1) is 15.7. The number of carboxylic acids is 1. The highest BCUT2D eigenvalue weighted by Crippen LogP contribution is 2.26. The Labute approximate surface area is 190 Å². The van der Waals surface area contributed by atoms with Crippen LogP contribution in [0.5, 0.6) is 17.2 Å². The number of methoxy groups -OCH3 is 1. The molecule has 8 nitrogen and oxygen atoms in total. The van der Waals surface area contributed by atoms with Gasteiger partial charge in [-0.3, -0.25) is 19.2 Å². The fourth-order valence-corrected chi connectivity index (χ4v) is 2.62. The first-order valence-electron chi connectivity index (χ1n) is 10.0. The van der Waals surface area contributed by atoms with Crippen LogP contribution in [0.3, 0.4) is 0 Å². The Hall–Kier alpha value is -4.20. The van der Waals surface area contributed by atoms with E-state index in [9.17, 15) is 24.3 Å². The van der Waals surface area contributed by atoms with E-state index in [4.69, 9.17) is 14.6 Å². The first kappa shape index (κ1) is 25.1. The molecular weight excluding hydrogens is 428 g/mol. The van der Waals surface area contributed by atoms with Gasteiger partial charge in [0.2, 0.25) is 0 Å². The summed E-state index contributed by atoms with van der Waals surface area (Å²) in [5.41, 5.74) is 1.29. The second-order valence-corrected chi connectivity index (χ2v) is 7.19. The maximum absolute atomic E-state index is 12.0. The normalized spacial score (nSPS) is 11.9. The highest BCUT2D eigenvalue weighted by molar-refractivity contribution is 6.10. The van der Waals surface area contributed by atoms with E-state index in [2.05, 4.69) is 0 Å². The smallest absolute Gasteiger partial charge is 0.312 e. The Balaban J connectivity index is 1.86. The van der Waals surface area contributed by atoms with Gasteiger partial charge in [-0.15, -0.1) is 0 Å². The number of allylic oxidation sites excluding steroid dienone is 2. The SMILES string of the molecule is COc1cc(C=CC(=O)CC(=O)C=Cc2ccc(OC(=O)CC(C)C(=O)O)cc2)ccc1O. The Bertz CT molecular complexity index is 1080. The minimum absolute atomic E-state index is 0.0136. The Morgan fingerprint density at radius 1 is 0.939 bits per heavy atom. The molecule has 0 radical (unpaired) electrons. The van der Waals surface area contributed by atoms with Crippen molar-refractivity contribution in [3.05, 3.63) is 65.7 Å². The van der Waals surface area contributed by atoms with Crippen LogP contribution < -0.4 is 9.47 Å². The number of carboxylic acid groups (broad SMARTS) is 1. The molecule has 0 bridgehead atoms. The van der Waals surface area contributed by atoms with E-state index in [1.54, 1.807) is 24.3 Å². The van der Waals surface area contributed by atoms with Gasteiger partial charge in [0.15, 0.2) is 23.1 Å². The molecule has 0 aliphatic heterocycles. The number of phenolic OH excluding ortho intramolecular Hbond substituents is 1. The molecule has 2 aromatic rings. The van der Waals surface area contributed by atoms with E-state index < -0.39 is 17.9 Å². The molecule has 0 aliphatic rings. The number of rotatable bonds is 11. The third-order valence-electron chi connectivity index (χ3n) is 4.48. The zero-order valence-electron chi connectivity index (χ0n) is 18.2. The number of ether oxygens (including phenoxy) is 2. The number of phenols is 1. The van der Waals surface area contributed by atoms with Gasteiger partial charge < -0.3 is 19.7 Å². The summed E-state index contributed by atoms with van der Waals surface area (Å²) in [6.45, 7) is 1.42. The molecule has 2 rings (SSSR count). The highest BCUT2D eigenvalue weighted by Gasteiger charge is 2.17. The summed E-state index contributed by atoms with van der Waals surface area (Å²) in [4.78, 5) is 46.6. The van der Waals surface area contributed by atoms with Gasteiger partial charge in [-0.05, 0) is 47.5 Å². The number of aliphatic carboxylic acids is 1. The van der Waals surface area contributed by atoms with Crippen LogP contribution in [-0.4, -0.2) is 40.8 Å². The molecule has 2 aromatic carbocycles. The molecule has 0 heterocycles. The molecule has 1 unspecified atom stereocenters. The van der Waals surface area contributed by atoms with Gasteiger partial charge in [-0.25, -0.2) is 0 Å². The molecule has 0 saturated carbocycles. The molecule has 0 saturated heterocycles. The van der Waals surface area contributed by atoms with Crippen LogP contribution in [0.15, 0.2) is 54.6 Å². The zero-order valence-corrected chi connectivity index (χ0v) is 18.2. The van der Waals surface area contributed by atoms with Crippen molar-refractivity contribution in [3.8, 4) is 17.2 Å². The average Bonchev–Trinajstić information content (AvgIpc) is 2.77. The lowest BCUT2D eigenvalue weighted by Crippen LogP contribution is -2.18. The van der Waals surface area contributed by atoms with Gasteiger partial charge >= 0.3 is 11.9 Å². The number of hydrogen-bond acceptors (Lipinski definition) is 7. The lowest BCUT2D eigenvalue weighted by atomic mass is 10.1. The molecule has 172 valence electrons. The van der Waals surface area contributed by atoms with Gasteiger partial charge in [0.25, 0.3) is 0 Å². The van der Waals surface area contributed by atoms with Crippen LogP contribution in [0.25, 0.3) is 12.2 Å². The van der Waals surface area contributed by atoms with Crippen LogP contribution >= 0.6 is 0 Å². The number of aromatic hydroxyl groups is 1. The molecular formula is C25H24O8. The van der Waals surface area contributed by atoms with E-state index in [-0.39, 0.29) is 41.7 Å². The molecule has 0 amide bonds. The third-order valence-corrected chi connectivity index (χ3v) is 4.48. The molecule has 1 atom stereocenters. The van der Waals surface area contributed by atoms with Gasteiger partial charge in [0.1, 0.15) is 5.75 Å². The molecule has 8 heteroatoms. The second kappa shape index (κ2) is 12.0. The number of esters is 1. The Kier molecular flexibility index (Phi) is 9.11. The van der Waals surface area contributed by atoms with E-state index in [1.165, 1.54) is 56.5 Å². The zero-order chi connectivity index (χ0) is 24.4. The summed E-state index contributed by atoms with van der Waals surface area (Å²) in [6.07, 6.45) is 5.07. The minimum atomic E-state index is -1.08. The van der Waals surface area contributed by atoms with Crippen molar-refractivity contribution in [1.29, 1.82) is 0 Å². The fourth-order valence-electron chi connectivity index (χ4n) is 2.62. The lowest BCUT2D eigenvalue weighted by Gasteiger charge is -2.07. The van der Waals surface area contributed by atoms with Crippen molar-refractivity contribution < 1.29 is 38.9 Å². The van der Waals surface area contributed by atoms with E-state index >= 15 is 0 Å². The van der Waals surface area contributed by atoms with Crippen molar-refractivity contribution >= 4 is 35.7 Å². The van der Waals surface area contributed by atoms with Gasteiger partial charge in [0, 0.05) is 0 Å². The van der Waals surface area contributed by atoms with Crippen LogP contribution in [0.4, 0.5) is 0 Å². The maximum Gasteiger partial charge on any atom is 0.312 e. The number of hydrogen-bond donors (Lipinski definition) is 2. The Morgan fingerprint density at radius 2 is 1.52 bits per heavy atom. The maximum atomic E-state index is 12.0. The topological polar surface area (TPSA) is 127 Å². The van der Waals surface area contributed by atoms with Gasteiger partial charge in [0.05, 0.1) is 25.9 Å². The summed E-state index contributed by atoms with van der Waals surface area (Å²) in [7, 11) is 1.42. The lowest BCUT2D eigenvalue weighted by molar-refractivity contribution is -0.146. The molecule has 0 spiro atoms. The minimum Gasteiger partial charge on any atom is -0.504 e. The summed E-state index contributed by atoms with van der Waals surface area (Å²) < 4.78 is 10.1. The number of ketones is 2. The van der Waals surface area contributed by atoms with Crippen LogP contribution in [0.1, 0.15) is 30.9 Å². The quantitative estimate of drug-likeness (QED) is 0.229. The molecule has 0 fully saturated rings. The van der Waals surface area contributed by atoms with Crippen molar-refractivity contribution in [2.45, 2.75) is 19.8 Å². The average molecular weight is 452 g/mol. The van der Waals surface area contributed by atoms with Crippen molar-refractivity contribution in [1.82, 2.24) is 0 Å². The molecule has 33 heavy (non-hydrogen) atoms. The predicted molar refractivity (Wildman–Crippen MR) is 121 cm³/mol. The highest BCUT2D eigenvalue weighted by atomic mass is 16.5. The summed E-state index contributed by atoms with van der Waals surface area (Å²) >= 11 is 0. The van der Waals surface area contributed by atoms with Crippen molar-refractivity contribution in [3.63, 3.8) is 0 Å². The summed E-state index contributed by atoms with van der Waals surface area (Å²) in [5.74, 6) is -2.81. The van der Waals surface area contributed by atoms with Crippen LogP contribution in [0.2, 0.25) is 0 Å². The number of benzene rings is 2. The fraction of sp³-hybridized carbons (Fsp3) is 0.200. The first-order valence-corrected chi connectivity index (χ1v) is 10.0. The molecule has 0 aliphatic carbocycles. The monoisotopic (exact) mass is 452 g/mol. The third kappa shape index (κ3) is 8.45. The van der Waals surface area contributed by atoms with Gasteiger partial charge in [-0.2, -0.15) is 0 Å². The van der Waals surface area contributed by atoms with Crippen molar-refractivity contribution in [2.75, 3.05) is 7.11 Å². The second-order valence-electron chi connectivity index (χ2n) is 7.19. The number of carbonyl (C=O) groups is 4. The summed E-state index contributed by atoms with van der Waals surface area (Å²) in [5, 5.41) is 18.4. The van der Waals surface area contributed by atoms with Crippen LogP contribution in [0, 0.1) is 5.92 Å². The van der Waals surface area contributed by atoms with Crippen molar-refractivity contribution in [2.24, 2.45) is 5.92 Å². The van der Waals surface area contributed by atoms with E-state index in [0.29, 0.717) is 11.1 Å². The molecule has 2 N–H and O–H groups in total. The largest absolute Gasteiger partial charge is 0.504 e. The number of carbonyl (C=O) groups excluding carboxylic acids is 3. The van der Waals surface area contributed by atoms with E-state index in [1.807, 2.05) is 0 Å². The van der Waals surface area contributed by atoms with E-state index in [0.717, 1.165) is 0 Å². The predicted octanol–water partition coefficient (Wildman–Crippen LogP) is 3.67. The Morgan fingerprint density at radius 3 is 2.09 bits per heavy atom. The van der Waals surface area contributed by atoms with Crippen LogP contribution in [-0.2, 0) is 19.2 Å². The molecule has 0 aromatic heterocycles. The standard InChI is InChI=1S/C25H24O8/c1-16(25(30)31)13-24(29)33-21-10-5-17(6-11-21)3-8-19(26)15-20(27)9-4-18-7-12-22(28)23(14-18)32-2/h3-12,14,16,28H,13,15H2,1-2H3,(H,30,31). The van der Waals surface area contributed by atoms with Gasteiger partial charge in [-0.1, -0.05) is 37.3 Å².